The first kappa shape index (κ1) is 10.3. The molecule has 0 unspecified atom stereocenters. The Bertz CT molecular complexity index is 380. The summed E-state index contributed by atoms with van der Waals surface area (Å²) in [5.41, 5.74) is -0.372. The monoisotopic (exact) mass is 205 g/mol. The first-order chi connectivity index (χ1) is 6.42. The van der Waals surface area contributed by atoms with E-state index in [1.54, 1.807) is 0 Å². The van der Waals surface area contributed by atoms with E-state index in [1.807, 2.05) is 0 Å². The molecule has 74 valence electrons. The van der Waals surface area contributed by atoms with Crippen molar-refractivity contribution in [3.8, 4) is 11.8 Å². The number of rotatable bonds is 1. The van der Waals surface area contributed by atoms with Gasteiger partial charge in [0.1, 0.15) is 17.6 Å². The highest BCUT2D eigenvalue weighted by molar-refractivity contribution is 5.43. The Morgan fingerprint density at radius 1 is 1.29 bits per heavy atom. The van der Waals surface area contributed by atoms with Gasteiger partial charge in [0.2, 0.25) is 0 Å². The molecule has 0 aromatic heterocycles. The number of ether oxygens (including phenoxy) is 1. The van der Waals surface area contributed by atoms with Crippen LogP contribution >= 0.6 is 0 Å². The van der Waals surface area contributed by atoms with Gasteiger partial charge < -0.3 is 4.74 Å². The van der Waals surface area contributed by atoms with Crippen molar-refractivity contribution in [1.29, 1.82) is 5.26 Å². The van der Waals surface area contributed by atoms with Crippen LogP contribution in [0.25, 0.3) is 0 Å². The van der Waals surface area contributed by atoms with Crippen molar-refractivity contribution in [2.24, 2.45) is 0 Å². The minimum atomic E-state index is -4.93. The van der Waals surface area contributed by atoms with E-state index in [0.29, 0.717) is 6.07 Å². The minimum Gasteiger partial charge on any atom is -0.404 e. The molecule has 0 N–H and O–H groups in total. The summed E-state index contributed by atoms with van der Waals surface area (Å²) in [6, 6.07) is 3.75. The molecule has 0 radical (unpaired) electrons. The second-order valence-corrected chi connectivity index (χ2v) is 2.30. The van der Waals surface area contributed by atoms with E-state index in [4.69, 9.17) is 5.26 Å². The van der Waals surface area contributed by atoms with Crippen molar-refractivity contribution in [3.05, 3.63) is 29.6 Å². The maximum absolute atomic E-state index is 12.5. The summed E-state index contributed by atoms with van der Waals surface area (Å²) in [5.74, 6) is -1.73. The fourth-order valence-electron chi connectivity index (χ4n) is 0.798. The summed E-state index contributed by atoms with van der Waals surface area (Å²) in [7, 11) is 0. The van der Waals surface area contributed by atoms with Gasteiger partial charge in [0.25, 0.3) is 0 Å². The van der Waals surface area contributed by atoms with Crippen LogP contribution in [0, 0.1) is 17.1 Å². The average Bonchev–Trinajstić information content (AvgIpc) is 2.01. The van der Waals surface area contributed by atoms with E-state index in [0.717, 1.165) is 12.1 Å². The van der Waals surface area contributed by atoms with Crippen molar-refractivity contribution >= 4 is 0 Å². The molecule has 0 fully saturated rings. The number of benzene rings is 1. The van der Waals surface area contributed by atoms with Gasteiger partial charge in [0.15, 0.2) is 0 Å². The van der Waals surface area contributed by atoms with E-state index < -0.39 is 17.9 Å². The summed E-state index contributed by atoms with van der Waals surface area (Å²) >= 11 is 0. The van der Waals surface area contributed by atoms with Crippen LogP contribution < -0.4 is 4.74 Å². The first-order valence-electron chi connectivity index (χ1n) is 3.38. The van der Waals surface area contributed by atoms with Crippen LogP contribution in [0.2, 0.25) is 0 Å². The largest absolute Gasteiger partial charge is 0.573 e. The van der Waals surface area contributed by atoms with Gasteiger partial charge >= 0.3 is 6.36 Å². The highest BCUT2D eigenvalue weighted by Gasteiger charge is 2.32. The Labute approximate surface area is 76.3 Å². The third kappa shape index (κ3) is 2.62. The highest BCUT2D eigenvalue weighted by atomic mass is 19.4. The lowest BCUT2D eigenvalue weighted by Gasteiger charge is -2.09. The van der Waals surface area contributed by atoms with Crippen molar-refractivity contribution in [1.82, 2.24) is 0 Å². The normalized spacial score (nSPS) is 10.8. The molecule has 0 aliphatic rings. The molecule has 0 amide bonds. The molecule has 0 atom stereocenters. The Hall–Kier alpha value is -1.77. The second kappa shape index (κ2) is 3.54. The van der Waals surface area contributed by atoms with Gasteiger partial charge in [-0.15, -0.1) is 13.2 Å². The van der Waals surface area contributed by atoms with E-state index in [1.165, 1.54) is 6.07 Å². The summed E-state index contributed by atoms with van der Waals surface area (Å²) < 4.78 is 51.1. The van der Waals surface area contributed by atoms with Gasteiger partial charge in [-0.2, -0.15) is 5.26 Å². The predicted octanol–water partition coefficient (Wildman–Crippen LogP) is 2.60. The van der Waals surface area contributed by atoms with Crippen LogP contribution in [-0.4, -0.2) is 6.36 Å². The number of alkyl halides is 3. The zero-order valence-corrected chi connectivity index (χ0v) is 6.60. The fourth-order valence-corrected chi connectivity index (χ4v) is 0.798. The van der Waals surface area contributed by atoms with Gasteiger partial charge in [-0.1, -0.05) is 0 Å². The van der Waals surface area contributed by atoms with Gasteiger partial charge in [-0.25, -0.2) is 4.39 Å². The molecular weight excluding hydrogens is 202 g/mol. The molecular formula is C8H3F4NO. The van der Waals surface area contributed by atoms with Gasteiger partial charge in [0, 0.05) is 6.07 Å². The molecule has 0 bridgehead atoms. The Kier molecular flexibility index (Phi) is 2.60. The van der Waals surface area contributed by atoms with E-state index in [2.05, 4.69) is 4.74 Å². The molecule has 2 nitrogen and oxygen atoms in total. The highest BCUT2D eigenvalue weighted by Crippen LogP contribution is 2.26. The molecule has 0 saturated heterocycles. The molecule has 6 heteroatoms. The smallest absolute Gasteiger partial charge is 0.404 e. The number of nitrogens with zero attached hydrogens (tertiary/aromatic N) is 1. The fraction of sp³-hybridized carbons (Fsp3) is 0.125. The van der Waals surface area contributed by atoms with Crippen molar-refractivity contribution in [2.45, 2.75) is 6.36 Å². The van der Waals surface area contributed by atoms with Crippen LogP contribution in [0.4, 0.5) is 17.6 Å². The number of hydrogen-bond acceptors (Lipinski definition) is 2. The van der Waals surface area contributed by atoms with E-state index in [-0.39, 0.29) is 5.56 Å². The maximum atomic E-state index is 12.5. The molecule has 0 heterocycles. The molecule has 14 heavy (non-hydrogen) atoms. The van der Waals surface area contributed by atoms with E-state index in [9.17, 15) is 17.6 Å². The van der Waals surface area contributed by atoms with Crippen LogP contribution in [-0.2, 0) is 0 Å². The Morgan fingerprint density at radius 3 is 2.43 bits per heavy atom. The van der Waals surface area contributed by atoms with E-state index >= 15 is 0 Å². The molecule has 0 aliphatic carbocycles. The zero-order chi connectivity index (χ0) is 10.8. The Morgan fingerprint density at radius 2 is 1.93 bits per heavy atom. The van der Waals surface area contributed by atoms with Gasteiger partial charge in [0.05, 0.1) is 5.56 Å². The van der Waals surface area contributed by atoms with Crippen LogP contribution in [0.15, 0.2) is 18.2 Å². The number of hydrogen-bond donors (Lipinski definition) is 0. The number of nitriles is 1. The van der Waals surface area contributed by atoms with Crippen molar-refractivity contribution < 1.29 is 22.3 Å². The Balaban J connectivity index is 3.07. The van der Waals surface area contributed by atoms with Crippen molar-refractivity contribution in [3.63, 3.8) is 0 Å². The summed E-state index contributed by atoms with van der Waals surface area (Å²) in [5, 5.41) is 8.39. The molecule has 0 aliphatic heterocycles. The third-order valence-electron chi connectivity index (χ3n) is 1.29. The lowest BCUT2D eigenvalue weighted by atomic mass is 10.2. The van der Waals surface area contributed by atoms with Crippen LogP contribution in [0.5, 0.6) is 5.75 Å². The van der Waals surface area contributed by atoms with Gasteiger partial charge in [-0.3, -0.25) is 0 Å². The maximum Gasteiger partial charge on any atom is 0.573 e. The second-order valence-electron chi connectivity index (χ2n) is 2.30. The molecule has 1 aromatic rings. The summed E-state index contributed by atoms with van der Waals surface area (Å²) in [6.45, 7) is 0. The average molecular weight is 205 g/mol. The molecule has 0 saturated carbocycles. The topological polar surface area (TPSA) is 33.0 Å². The lowest BCUT2D eigenvalue weighted by Crippen LogP contribution is -2.17. The SMILES string of the molecule is N#Cc1ccc(F)cc1OC(F)(F)F. The first-order valence-corrected chi connectivity index (χ1v) is 3.38. The standard InChI is InChI=1S/C8H3F4NO/c9-6-2-1-5(4-13)7(3-6)14-8(10,11)12/h1-3H. The minimum absolute atomic E-state index is 0.372. The molecule has 1 aromatic carbocycles. The quantitative estimate of drug-likeness (QED) is 0.660. The molecule has 0 spiro atoms. The predicted molar refractivity (Wildman–Crippen MR) is 37.8 cm³/mol. The summed E-state index contributed by atoms with van der Waals surface area (Å²) in [6.07, 6.45) is -4.93. The third-order valence-corrected chi connectivity index (χ3v) is 1.29. The molecule has 1 rings (SSSR count). The van der Waals surface area contributed by atoms with Crippen LogP contribution in [0.1, 0.15) is 5.56 Å². The lowest BCUT2D eigenvalue weighted by molar-refractivity contribution is -0.274. The zero-order valence-electron chi connectivity index (χ0n) is 6.60. The van der Waals surface area contributed by atoms with Crippen molar-refractivity contribution in [2.75, 3.05) is 0 Å². The van der Waals surface area contributed by atoms with Gasteiger partial charge in [-0.05, 0) is 12.1 Å². The summed E-state index contributed by atoms with van der Waals surface area (Å²) in [4.78, 5) is 0. The number of halogens is 4. The van der Waals surface area contributed by atoms with Crippen LogP contribution in [0.3, 0.4) is 0 Å².